The van der Waals surface area contributed by atoms with Gasteiger partial charge in [0.15, 0.2) is 0 Å². The molecule has 1 aliphatic carbocycles. The normalized spacial score (nSPS) is 25.1. The lowest BCUT2D eigenvalue weighted by molar-refractivity contribution is -0.120. The van der Waals surface area contributed by atoms with Gasteiger partial charge < -0.3 is 11.1 Å². The van der Waals surface area contributed by atoms with E-state index in [1.807, 2.05) is 30.3 Å². The molecule has 0 radical (unpaired) electrons. The van der Waals surface area contributed by atoms with E-state index in [2.05, 4.69) is 5.32 Å². The summed E-state index contributed by atoms with van der Waals surface area (Å²) in [5, 5.41) is 2.94. The van der Waals surface area contributed by atoms with Gasteiger partial charge >= 0.3 is 0 Å². The van der Waals surface area contributed by atoms with Crippen LogP contribution in [0.1, 0.15) is 25.7 Å². The molecule has 2 atom stereocenters. The largest absolute Gasteiger partial charge is 0.328 e. The standard InChI is InChI=1S/C13H18N2O/c14-11-6-4-5-10(9-11)13(16)15-12-7-2-1-3-8-12/h1-3,7-8,10-11H,4-6,9,14H2,(H,15,16)/t10-,11-/m0/s1. The number of nitrogens with one attached hydrogen (secondary N) is 1. The number of nitrogens with two attached hydrogens (primary N) is 1. The Balaban J connectivity index is 1.93. The molecule has 1 aromatic rings. The fraction of sp³-hybridized carbons (Fsp3) is 0.462. The second-order valence-electron chi connectivity index (χ2n) is 4.48. The summed E-state index contributed by atoms with van der Waals surface area (Å²) in [5.74, 6) is 0.199. The van der Waals surface area contributed by atoms with Crippen LogP contribution in [-0.4, -0.2) is 11.9 Å². The highest BCUT2D eigenvalue weighted by atomic mass is 16.1. The van der Waals surface area contributed by atoms with Gasteiger partial charge in [0, 0.05) is 17.6 Å². The van der Waals surface area contributed by atoms with Gasteiger partial charge in [-0.15, -0.1) is 0 Å². The maximum Gasteiger partial charge on any atom is 0.227 e. The molecule has 16 heavy (non-hydrogen) atoms. The molecule has 0 unspecified atom stereocenters. The predicted octanol–water partition coefficient (Wildman–Crippen LogP) is 2.14. The van der Waals surface area contributed by atoms with Gasteiger partial charge in [0.2, 0.25) is 5.91 Å². The van der Waals surface area contributed by atoms with E-state index >= 15 is 0 Å². The monoisotopic (exact) mass is 218 g/mol. The molecule has 1 aliphatic rings. The predicted molar refractivity (Wildman–Crippen MR) is 65.0 cm³/mol. The molecule has 0 heterocycles. The van der Waals surface area contributed by atoms with Crippen molar-refractivity contribution >= 4 is 11.6 Å². The Morgan fingerprint density at radius 2 is 2.00 bits per heavy atom. The molecule has 1 aromatic carbocycles. The molecule has 1 saturated carbocycles. The molecule has 0 aliphatic heterocycles. The van der Waals surface area contributed by atoms with Gasteiger partial charge in [-0.2, -0.15) is 0 Å². The second-order valence-corrected chi connectivity index (χ2v) is 4.48. The van der Waals surface area contributed by atoms with Crippen LogP contribution in [0.4, 0.5) is 5.69 Å². The first-order valence-electron chi connectivity index (χ1n) is 5.87. The van der Waals surface area contributed by atoms with Gasteiger partial charge in [-0.05, 0) is 31.4 Å². The number of hydrogen-bond donors (Lipinski definition) is 2. The minimum atomic E-state index is 0.0870. The van der Waals surface area contributed by atoms with Crippen LogP contribution in [0.25, 0.3) is 0 Å². The highest BCUT2D eigenvalue weighted by Gasteiger charge is 2.25. The number of amides is 1. The van der Waals surface area contributed by atoms with Crippen molar-refractivity contribution in [3.05, 3.63) is 30.3 Å². The third-order valence-electron chi connectivity index (χ3n) is 3.13. The average molecular weight is 218 g/mol. The molecule has 2 rings (SSSR count). The summed E-state index contributed by atoms with van der Waals surface area (Å²) < 4.78 is 0. The van der Waals surface area contributed by atoms with Crippen LogP contribution >= 0.6 is 0 Å². The maximum absolute atomic E-state index is 11.9. The molecule has 3 N–H and O–H groups in total. The van der Waals surface area contributed by atoms with E-state index < -0.39 is 0 Å². The van der Waals surface area contributed by atoms with E-state index in [-0.39, 0.29) is 17.9 Å². The van der Waals surface area contributed by atoms with Crippen molar-refractivity contribution < 1.29 is 4.79 Å². The maximum atomic E-state index is 11.9. The Morgan fingerprint density at radius 3 is 2.69 bits per heavy atom. The van der Waals surface area contributed by atoms with Gasteiger partial charge in [0.25, 0.3) is 0 Å². The lowest BCUT2D eigenvalue weighted by Crippen LogP contribution is -2.34. The fourth-order valence-corrected chi connectivity index (χ4v) is 2.23. The molecule has 86 valence electrons. The highest BCUT2D eigenvalue weighted by Crippen LogP contribution is 2.24. The van der Waals surface area contributed by atoms with Crippen LogP contribution in [0.5, 0.6) is 0 Å². The van der Waals surface area contributed by atoms with Crippen molar-refractivity contribution in [2.45, 2.75) is 31.7 Å². The molecular weight excluding hydrogens is 200 g/mol. The number of hydrogen-bond acceptors (Lipinski definition) is 2. The number of carbonyl (C=O) groups excluding carboxylic acids is 1. The van der Waals surface area contributed by atoms with Gasteiger partial charge in [-0.1, -0.05) is 24.6 Å². The lowest BCUT2D eigenvalue weighted by atomic mass is 9.85. The zero-order valence-corrected chi connectivity index (χ0v) is 9.36. The van der Waals surface area contributed by atoms with E-state index in [0.29, 0.717) is 0 Å². The summed E-state index contributed by atoms with van der Waals surface area (Å²) in [6, 6.07) is 9.78. The molecule has 1 amide bonds. The van der Waals surface area contributed by atoms with Crippen LogP contribution in [0.3, 0.4) is 0 Å². The number of carbonyl (C=O) groups is 1. The molecule has 3 nitrogen and oxygen atoms in total. The smallest absolute Gasteiger partial charge is 0.227 e. The van der Waals surface area contributed by atoms with Crippen molar-refractivity contribution in [2.75, 3.05) is 5.32 Å². The van der Waals surface area contributed by atoms with Gasteiger partial charge in [0.05, 0.1) is 0 Å². The number of rotatable bonds is 2. The Labute approximate surface area is 96.0 Å². The topological polar surface area (TPSA) is 55.1 Å². The van der Waals surface area contributed by atoms with E-state index in [4.69, 9.17) is 5.73 Å². The molecule has 0 saturated heterocycles. The summed E-state index contributed by atoms with van der Waals surface area (Å²) in [6.45, 7) is 0. The van der Waals surface area contributed by atoms with E-state index in [1.165, 1.54) is 0 Å². The lowest BCUT2D eigenvalue weighted by Gasteiger charge is -2.25. The first-order chi connectivity index (χ1) is 7.75. The summed E-state index contributed by atoms with van der Waals surface area (Å²) in [7, 11) is 0. The van der Waals surface area contributed by atoms with Crippen LogP contribution in [0.2, 0.25) is 0 Å². The van der Waals surface area contributed by atoms with E-state index in [1.54, 1.807) is 0 Å². The van der Waals surface area contributed by atoms with Crippen LogP contribution in [-0.2, 0) is 4.79 Å². The zero-order chi connectivity index (χ0) is 11.4. The van der Waals surface area contributed by atoms with Gasteiger partial charge in [0.1, 0.15) is 0 Å². The van der Waals surface area contributed by atoms with Crippen LogP contribution < -0.4 is 11.1 Å². The number of anilines is 1. The minimum absolute atomic E-state index is 0.0870. The van der Waals surface area contributed by atoms with Gasteiger partial charge in [-0.3, -0.25) is 4.79 Å². The third kappa shape index (κ3) is 2.83. The quantitative estimate of drug-likeness (QED) is 0.799. The number of para-hydroxylation sites is 1. The van der Waals surface area contributed by atoms with E-state index in [9.17, 15) is 4.79 Å². The Kier molecular flexibility index (Phi) is 3.57. The molecular formula is C13H18N2O. The number of benzene rings is 1. The van der Waals surface area contributed by atoms with Crippen molar-refractivity contribution in [2.24, 2.45) is 11.7 Å². The Bertz CT molecular complexity index is 350. The minimum Gasteiger partial charge on any atom is -0.328 e. The van der Waals surface area contributed by atoms with Crippen molar-refractivity contribution in [3.8, 4) is 0 Å². The van der Waals surface area contributed by atoms with Crippen molar-refractivity contribution in [3.63, 3.8) is 0 Å². The first-order valence-corrected chi connectivity index (χ1v) is 5.87. The summed E-state index contributed by atoms with van der Waals surface area (Å²) in [6.07, 6.45) is 3.90. The molecule has 3 heteroatoms. The molecule has 0 spiro atoms. The Morgan fingerprint density at radius 1 is 1.25 bits per heavy atom. The van der Waals surface area contributed by atoms with Crippen LogP contribution in [0.15, 0.2) is 30.3 Å². The summed E-state index contributed by atoms with van der Waals surface area (Å²) >= 11 is 0. The molecule has 0 bridgehead atoms. The average Bonchev–Trinajstić information content (AvgIpc) is 2.30. The van der Waals surface area contributed by atoms with Crippen molar-refractivity contribution in [1.29, 1.82) is 0 Å². The Hall–Kier alpha value is -1.35. The van der Waals surface area contributed by atoms with Crippen LogP contribution in [0, 0.1) is 5.92 Å². The van der Waals surface area contributed by atoms with Crippen molar-refractivity contribution in [1.82, 2.24) is 0 Å². The first kappa shape index (κ1) is 11.1. The molecule has 1 fully saturated rings. The van der Waals surface area contributed by atoms with E-state index in [0.717, 1.165) is 31.4 Å². The second kappa shape index (κ2) is 5.12. The third-order valence-corrected chi connectivity index (χ3v) is 3.13. The summed E-state index contributed by atoms with van der Waals surface area (Å²) in [5.41, 5.74) is 6.74. The highest BCUT2D eigenvalue weighted by molar-refractivity contribution is 5.92. The molecule has 0 aromatic heterocycles. The summed E-state index contributed by atoms with van der Waals surface area (Å²) in [4.78, 5) is 11.9. The van der Waals surface area contributed by atoms with Gasteiger partial charge in [-0.25, -0.2) is 0 Å². The zero-order valence-electron chi connectivity index (χ0n) is 9.36. The fourth-order valence-electron chi connectivity index (χ4n) is 2.23. The SMILES string of the molecule is N[C@H]1CCC[C@H](C(=O)Nc2ccccc2)C1.